The van der Waals surface area contributed by atoms with Crippen LogP contribution in [-0.4, -0.2) is 21.5 Å². The smallest absolute Gasteiger partial charge is 0.416 e. The molecule has 12 heteroatoms. The summed E-state index contributed by atoms with van der Waals surface area (Å²) in [4.78, 5) is 26.7. The van der Waals surface area contributed by atoms with E-state index in [-0.39, 0.29) is 18.4 Å². The lowest BCUT2D eigenvalue weighted by Gasteiger charge is -2.18. The molecule has 1 fully saturated rings. The van der Waals surface area contributed by atoms with E-state index in [1.165, 1.54) is 40.3 Å². The second-order valence-electron chi connectivity index (χ2n) is 10.2. The molecule has 5 aromatic rings. The fraction of sp³-hybridized carbons (Fsp3) is 0.233. The molecule has 1 aliphatic carbocycles. The van der Waals surface area contributed by atoms with Crippen LogP contribution in [0.1, 0.15) is 48.3 Å². The highest BCUT2D eigenvalue weighted by molar-refractivity contribution is 7.32. The molecule has 2 aromatic carbocycles. The number of carboxylic acids is 1. The Morgan fingerprint density at radius 1 is 1.02 bits per heavy atom. The van der Waals surface area contributed by atoms with E-state index in [9.17, 15) is 27.9 Å². The maximum atomic E-state index is 14.0. The molecule has 6 nitrogen and oxygen atoms in total. The van der Waals surface area contributed by atoms with Crippen LogP contribution in [-0.2, 0) is 21.1 Å². The lowest BCUT2D eigenvalue weighted by Crippen LogP contribution is -2.24. The monoisotopic (exact) mass is 628 g/mol. The molecule has 0 radical (unpaired) electrons. The van der Waals surface area contributed by atoms with E-state index in [1.807, 2.05) is 42.5 Å². The van der Waals surface area contributed by atoms with Gasteiger partial charge in [0.2, 0.25) is 0 Å². The normalized spacial score (nSPS) is 15.0. The average molecular weight is 629 g/mol. The highest BCUT2D eigenvalue weighted by atomic mass is 32.1. The number of fused-ring (bicyclic) bond motifs is 1. The number of aryl methyl sites for hydroxylation is 1. The van der Waals surface area contributed by atoms with Crippen LogP contribution >= 0.6 is 34.2 Å². The SMILES string of the molecule is Cc1nsc(-c2cc3sc(-c4ccc(C5(C(=O)O)CC5)c(C(F)(F)F)c4)cc3s2)c1NC(=O)O[C@H](C)c1ccccc1. The zero-order valence-electron chi connectivity index (χ0n) is 22.2. The van der Waals surface area contributed by atoms with Gasteiger partial charge >= 0.3 is 18.2 Å². The summed E-state index contributed by atoms with van der Waals surface area (Å²) < 4.78 is 53.8. The molecule has 1 aliphatic rings. The van der Waals surface area contributed by atoms with Crippen molar-refractivity contribution < 1.29 is 32.6 Å². The van der Waals surface area contributed by atoms with Gasteiger partial charge in [0.05, 0.1) is 32.1 Å². The summed E-state index contributed by atoms with van der Waals surface area (Å²) in [6.45, 7) is 3.59. The van der Waals surface area contributed by atoms with Crippen LogP contribution in [0, 0.1) is 6.92 Å². The molecule has 2 N–H and O–H groups in total. The van der Waals surface area contributed by atoms with Crippen LogP contribution in [0.4, 0.5) is 23.7 Å². The van der Waals surface area contributed by atoms with E-state index >= 15 is 0 Å². The number of hydrogen-bond acceptors (Lipinski definition) is 7. The molecule has 216 valence electrons. The van der Waals surface area contributed by atoms with Gasteiger partial charge in [0.15, 0.2) is 0 Å². The molecular weight excluding hydrogens is 606 g/mol. The first-order chi connectivity index (χ1) is 20.0. The van der Waals surface area contributed by atoms with E-state index in [0.29, 0.717) is 21.8 Å². The summed E-state index contributed by atoms with van der Waals surface area (Å²) in [6, 6.07) is 17.1. The minimum Gasteiger partial charge on any atom is -0.481 e. The molecule has 3 heterocycles. The summed E-state index contributed by atoms with van der Waals surface area (Å²) in [5.74, 6) is -1.23. The Hall–Kier alpha value is -3.74. The van der Waals surface area contributed by atoms with Crippen LogP contribution in [0.25, 0.3) is 29.6 Å². The molecule has 0 unspecified atom stereocenters. The number of aromatic nitrogens is 1. The predicted molar refractivity (Wildman–Crippen MR) is 159 cm³/mol. The van der Waals surface area contributed by atoms with E-state index in [0.717, 1.165) is 30.8 Å². The number of nitrogens with one attached hydrogen (secondary N) is 1. The largest absolute Gasteiger partial charge is 0.481 e. The molecule has 0 aliphatic heterocycles. The maximum Gasteiger partial charge on any atom is 0.416 e. The number of carbonyl (C=O) groups is 2. The summed E-state index contributed by atoms with van der Waals surface area (Å²) in [5, 5.41) is 12.4. The number of ether oxygens (including phenoxy) is 1. The first-order valence-electron chi connectivity index (χ1n) is 12.9. The first kappa shape index (κ1) is 28.4. The number of halogens is 3. The zero-order valence-corrected chi connectivity index (χ0v) is 24.7. The van der Waals surface area contributed by atoms with E-state index < -0.39 is 35.3 Å². The molecule has 1 saturated carbocycles. The number of hydrogen-bond donors (Lipinski definition) is 2. The fourth-order valence-electron chi connectivity index (χ4n) is 4.93. The molecular formula is C30H23F3N2O4S3. The van der Waals surface area contributed by atoms with Crippen molar-refractivity contribution in [2.45, 2.75) is 44.4 Å². The maximum absolute atomic E-state index is 14.0. The van der Waals surface area contributed by atoms with Gasteiger partial charge in [-0.15, -0.1) is 22.7 Å². The Morgan fingerprint density at radius 2 is 1.69 bits per heavy atom. The first-order valence-corrected chi connectivity index (χ1v) is 15.3. The molecule has 42 heavy (non-hydrogen) atoms. The highest BCUT2D eigenvalue weighted by Crippen LogP contribution is 2.53. The van der Waals surface area contributed by atoms with Crippen molar-refractivity contribution in [1.29, 1.82) is 0 Å². The number of amides is 1. The standard InChI is InChI=1S/C30H23F3N2O4S3/c1-15-25(34-28(38)39-16(2)17-6-4-3-5-7-17)26(42-35-15)24-14-23-22(41-24)13-21(40-23)18-8-9-19(20(12-18)30(31,32)33)29(10-11-29)27(36)37/h3-9,12-14,16H,10-11H2,1-2H3,(H,34,38)(H,36,37)/t16-/m1/s1. The van der Waals surface area contributed by atoms with E-state index in [2.05, 4.69) is 9.69 Å². The quantitative estimate of drug-likeness (QED) is 0.187. The third-order valence-corrected chi connectivity index (χ3v) is 10.8. The van der Waals surface area contributed by atoms with Crippen molar-refractivity contribution in [2.75, 3.05) is 5.32 Å². The number of aliphatic carboxylic acids is 1. The van der Waals surface area contributed by atoms with Gasteiger partial charge in [-0.05, 0) is 73.1 Å². The van der Waals surface area contributed by atoms with E-state index in [1.54, 1.807) is 19.9 Å². The molecule has 0 saturated heterocycles. The number of anilines is 1. The summed E-state index contributed by atoms with van der Waals surface area (Å²) in [5.41, 5.74) is -0.0882. The minimum absolute atomic E-state index is 0.177. The fourth-order valence-corrected chi connectivity index (χ4v) is 8.27. The lowest BCUT2D eigenvalue weighted by atomic mass is 9.89. The van der Waals surface area contributed by atoms with Gasteiger partial charge in [-0.25, -0.2) is 4.79 Å². The van der Waals surface area contributed by atoms with Crippen LogP contribution in [0.2, 0.25) is 0 Å². The Labute approximate surface area is 250 Å². The number of alkyl halides is 3. The van der Waals surface area contributed by atoms with Crippen LogP contribution < -0.4 is 5.32 Å². The van der Waals surface area contributed by atoms with Crippen molar-refractivity contribution >= 4 is 61.4 Å². The number of benzene rings is 2. The summed E-state index contributed by atoms with van der Waals surface area (Å²) >= 11 is 4.05. The second-order valence-corrected chi connectivity index (χ2v) is 13.1. The van der Waals surface area contributed by atoms with Crippen molar-refractivity contribution in [3.8, 4) is 20.2 Å². The van der Waals surface area contributed by atoms with Gasteiger partial charge < -0.3 is 9.84 Å². The van der Waals surface area contributed by atoms with Gasteiger partial charge in [-0.1, -0.05) is 42.5 Å². The zero-order chi connectivity index (χ0) is 29.8. The summed E-state index contributed by atoms with van der Waals surface area (Å²) in [7, 11) is 0. The molecule has 6 rings (SSSR count). The second kappa shape index (κ2) is 10.5. The van der Waals surface area contributed by atoms with Gasteiger partial charge in [-0.2, -0.15) is 17.5 Å². The van der Waals surface area contributed by atoms with Gasteiger partial charge in [-0.3, -0.25) is 10.1 Å². The Balaban J connectivity index is 1.26. The molecule has 3 aromatic heterocycles. The minimum atomic E-state index is -4.67. The molecule has 0 spiro atoms. The van der Waals surface area contributed by atoms with Gasteiger partial charge in [0.1, 0.15) is 6.10 Å². The number of carboxylic acid groups (broad SMARTS) is 1. The van der Waals surface area contributed by atoms with Crippen LogP contribution in [0.3, 0.4) is 0 Å². The average Bonchev–Trinajstić information content (AvgIpc) is 3.36. The van der Waals surface area contributed by atoms with Gasteiger partial charge in [0, 0.05) is 14.3 Å². The predicted octanol–water partition coefficient (Wildman–Crippen LogP) is 9.51. The van der Waals surface area contributed by atoms with Crippen molar-refractivity contribution in [2.24, 2.45) is 0 Å². The Kier molecular flexibility index (Phi) is 7.11. The molecule has 1 amide bonds. The molecule has 1 atom stereocenters. The molecule has 0 bridgehead atoms. The van der Waals surface area contributed by atoms with Crippen molar-refractivity contribution in [3.05, 3.63) is 83.0 Å². The Morgan fingerprint density at radius 3 is 2.33 bits per heavy atom. The highest BCUT2D eigenvalue weighted by Gasteiger charge is 2.55. The Bertz CT molecular complexity index is 1790. The number of carbonyl (C=O) groups excluding carboxylic acids is 1. The third kappa shape index (κ3) is 5.18. The van der Waals surface area contributed by atoms with Crippen LogP contribution in [0.15, 0.2) is 60.7 Å². The van der Waals surface area contributed by atoms with E-state index in [4.69, 9.17) is 4.74 Å². The number of nitrogens with zero attached hydrogens (tertiary/aromatic N) is 1. The number of rotatable bonds is 7. The van der Waals surface area contributed by atoms with Crippen molar-refractivity contribution in [1.82, 2.24) is 4.37 Å². The van der Waals surface area contributed by atoms with Crippen molar-refractivity contribution in [3.63, 3.8) is 0 Å². The van der Waals surface area contributed by atoms with Gasteiger partial charge in [0.25, 0.3) is 0 Å². The number of thiophene rings is 2. The lowest BCUT2D eigenvalue weighted by molar-refractivity contribution is -0.142. The summed E-state index contributed by atoms with van der Waals surface area (Å²) in [6.07, 6.45) is -5.33. The van der Waals surface area contributed by atoms with Crippen LogP contribution in [0.5, 0.6) is 0 Å². The topological polar surface area (TPSA) is 88.5 Å². The third-order valence-electron chi connectivity index (χ3n) is 7.36.